The number of halogens is 1. The van der Waals surface area contributed by atoms with Crippen LogP contribution in [0.3, 0.4) is 0 Å². The van der Waals surface area contributed by atoms with Crippen LogP contribution in [0.25, 0.3) is 11.1 Å². The number of nitrogens with one attached hydrogen (secondary N) is 1. The summed E-state index contributed by atoms with van der Waals surface area (Å²) in [5.74, 6) is -0.556. The maximum absolute atomic E-state index is 14.3. The zero-order valence-corrected chi connectivity index (χ0v) is 20.6. The minimum absolute atomic E-state index is 0.109. The average Bonchev–Trinajstić information content (AvgIpc) is 2.83. The SMILES string of the molecule is CCN1C(=O)C(C)(C)Nc2ccc(-c3cc(F)ccc3OC)c(COC(=O)c3ccc(C)cc3)c21. The smallest absolute Gasteiger partial charge is 0.338 e. The standard InChI is InChI=1S/C28H29FN2O4/c1-6-31-25-22(16-35-26(32)18-9-7-17(2)8-10-18)20(21-15-19(29)11-14-24(21)34-5)12-13-23(25)30-28(3,4)27(31)33/h7-15,30H,6,16H2,1-5H3. The summed E-state index contributed by atoms with van der Waals surface area (Å²) in [6, 6.07) is 15.0. The molecular weight excluding hydrogens is 447 g/mol. The van der Waals surface area contributed by atoms with E-state index < -0.39 is 17.3 Å². The Morgan fingerprint density at radius 3 is 2.43 bits per heavy atom. The van der Waals surface area contributed by atoms with E-state index in [1.165, 1.54) is 19.2 Å². The maximum Gasteiger partial charge on any atom is 0.338 e. The van der Waals surface area contributed by atoms with Gasteiger partial charge in [-0.1, -0.05) is 23.8 Å². The molecule has 1 amide bonds. The van der Waals surface area contributed by atoms with Gasteiger partial charge in [-0.05, 0) is 69.7 Å². The molecule has 0 spiro atoms. The van der Waals surface area contributed by atoms with Crippen LogP contribution in [0.15, 0.2) is 54.6 Å². The number of rotatable bonds is 6. The molecule has 1 aliphatic rings. The number of fused-ring (bicyclic) bond motifs is 1. The van der Waals surface area contributed by atoms with Gasteiger partial charge in [0.2, 0.25) is 0 Å². The highest BCUT2D eigenvalue weighted by Gasteiger charge is 2.40. The highest BCUT2D eigenvalue weighted by atomic mass is 19.1. The van der Waals surface area contributed by atoms with Crippen molar-refractivity contribution in [2.75, 3.05) is 23.9 Å². The van der Waals surface area contributed by atoms with Gasteiger partial charge < -0.3 is 19.7 Å². The van der Waals surface area contributed by atoms with Gasteiger partial charge in [-0.2, -0.15) is 0 Å². The van der Waals surface area contributed by atoms with Crippen molar-refractivity contribution in [1.82, 2.24) is 0 Å². The third-order valence-electron chi connectivity index (χ3n) is 6.18. The number of carbonyl (C=O) groups excluding carboxylic acids is 2. The van der Waals surface area contributed by atoms with E-state index in [0.717, 1.165) is 11.3 Å². The second-order valence-corrected chi connectivity index (χ2v) is 9.07. The molecule has 1 aliphatic heterocycles. The molecule has 0 fully saturated rings. The molecule has 1 heterocycles. The summed E-state index contributed by atoms with van der Waals surface area (Å²) in [6.45, 7) is 7.77. The molecule has 0 unspecified atom stereocenters. The molecule has 0 aliphatic carbocycles. The lowest BCUT2D eigenvalue weighted by atomic mass is 9.91. The monoisotopic (exact) mass is 476 g/mol. The fourth-order valence-corrected chi connectivity index (χ4v) is 4.38. The van der Waals surface area contributed by atoms with Crippen LogP contribution in [0.4, 0.5) is 15.8 Å². The Morgan fingerprint density at radius 2 is 1.77 bits per heavy atom. The Labute approximate surface area is 204 Å². The summed E-state index contributed by atoms with van der Waals surface area (Å²) in [5, 5.41) is 3.30. The molecule has 6 nitrogen and oxygen atoms in total. The summed E-state index contributed by atoms with van der Waals surface area (Å²) in [6.07, 6.45) is 0. The summed E-state index contributed by atoms with van der Waals surface area (Å²) in [7, 11) is 1.51. The maximum atomic E-state index is 14.3. The molecule has 3 aromatic rings. The Hall–Kier alpha value is -3.87. The number of esters is 1. The highest BCUT2D eigenvalue weighted by Crippen LogP contribution is 2.44. The van der Waals surface area contributed by atoms with E-state index in [1.54, 1.807) is 23.1 Å². The molecule has 0 saturated carbocycles. The fourth-order valence-electron chi connectivity index (χ4n) is 4.38. The molecule has 0 saturated heterocycles. The lowest BCUT2D eigenvalue weighted by Gasteiger charge is -2.41. The second kappa shape index (κ2) is 9.41. The van der Waals surface area contributed by atoms with Gasteiger partial charge in [0.1, 0.15) is 23.7 Å². The molecular formula is C28H29FN2O4. The molecule has 0 aromatic heterocycles. The number of hydrogen-bond acceptors (Lipinski definition) is 5. The van der Waals surface area contributed by atoms with E-state index in [1.807, 2.05) is 52.0 Å². The van der Waals surface area contributed by atoms with Crippen molar-refractivity contribution < 1.29 is 23.5 Å². The Morgan fingerprint density at radius 1 is 1.06 bits per heavy atom. The summed E-state index contributed by atoms with van der Waals surface area (Å²) in [5.41, 5.74) is 3.70. The van der Waals surface area contributed by atoms with E-state index >= 15 is 0 Å². The van der Waals surface area contributed by atoms with Gasteiger partial charge in [-0.15, -0.1) is 0 Å². The minimum Gasteiger partial charge on any atom is -0.496 e. The van der Waals surface area contributed by atoms with Gasteiger partial charge in [-0.25, -0.2) is 9.18 Å². The third-order valence-corrected chi connectivity index (χ3v) is 6.18. The number of carbonyl (C=O) groups is 2. The number of methoxy groups -OCH3 is 1. The van der Waals surface area contributed by atoms with Gasteiger partial charge in [0, 0.05) is 17.7 Å². The van der Waals surface area contributed by atoms with Crippen LogP contribution in [0.5, 0.6) is 5.75 Å². The minimum atomic E-state index is -0.809. The first-order chi connectivity index (χ1) is 16.7. The van der Waals surface area contributed by atoms with Crippen molar-refractivity contribution in [3.63, 3.8) is 0 Å². The quantitative estimate of drug-likeness (QED) is 0.461. The van der Waals surface area contributed by atoms with Gasteiger partial charge >= 0.3 is 5.97 Å². The number of ether oxygens (including phenoxy) is 2. The Balaban J connectivity index is 1.86. The number of amides is 1. The number of hydrogen-bond donors (Lipinski definition) is 1. The van der Waals surface area contributed by atoms with Crippen LogP contribution in [-0.2, 0) is 16.1 Å². The van der Waals surface area contributed by atoms with Crippen LogP contribution >= 0.6 is 0 Å². The molecule has 35 heavy (non-hydrogen) atoms. The largest absolute Gasteiger partial charge is 0.496 e. The number of benzene rings is 3. The van der Waals surface area contributed by atoms with Crippen molar-refractivity contribution in [3.05, 3.63) is 77.1 Å². The second-order valence-electron chi connectivity index (χ2n) is 9.07. The number of aryl methyl sites for hydroxylation is 1. The predicted molar refractivity (Wildman–Crippen MR) is 134 cm³/mol. The van der Waals surface area contributed by atoms with Crippen LogP contribution < -0.4 is 15.0 Å². The van der Waals surface area contributed by atoms with Gasteiger partial charge in [0.05, 0.1) is 24.0 Å². The topological polar surface area (TPSA) is 67.9 Å². The van der Waals surface area contributed by atoms with Crippen LogP contribution in [0.1, 0.15) is 42.3 Å². The zero-order chi connectivity index (χ0) is 25.3. The van der Waals surface area contributed by atoms with Crippen molar-refractivity contribution in [3.8, 4) is 16.9 Å². The van der Waals surface area contributed by atoms with E-state index in [9.17, 15) is 14.0 Å². The molecule has 182 valence electrons. The predicted octanol–water partition coefficient (Wildman–Crippen LogP) is 5.72. The lowest BCUT2D eigenvalue weighted by molar-refractivity contribution is -0.122. The molecule has 7 heteroatoms. The third kappa shape index (κ3) is 4.58. The first-order valence-corrected chi connectivity index (χ1v) is 11.5. The van der Waals surface area contributed by atoms with Gasteiger partial charge in [-0.3, -0.25) is 4.79 Å². The van der Waals surface area contributed by atoms with Crippen molar-refractivity contribution in [1.29, 1.82) is 0 Å². The normalized spacial score (nSPS) is 14.2. The van der Waals surface area contributed by atoms with Crippen LogP contribution in [-0.4, -0.2) is 31.1 Å². The number of nitrogens with zero attached hydrogens (tertiary/aromatic N) is 1. The molecule has 1 N–H and O–H groups in total. The van der Waals surface area contributed by atoms with Crippen molar-refractivity contribution in [2.45, 2.75) is 39.8 Å². The van der Waals surface area contributed by atoms with Crippen LogP contribution in [0.2, 0.25) is 0 Å². The first kappa shape index (κ1) is 24.3. The highest BCUT2D eigenvalue weighted by molar-refractivity contribution is 6.09. The number of anilines is 2. The molecule has 0 bridgehead atoms. The average molecular weight is 477 g/mol. The summed E-state index contributed by atoms with van der Waals surface area (Å²) in [4.78, 5) is 27.8. The van der Waals surface area contributed by atoms with Crippen molar-refractivity contribution in [2.24, 2.45) is 0 Å². The molecule has 3 aromatic carbocycles. The lowest BCUT2D eigenvalue weighted by Crippen LogP contribution is -2.54. The van der Waals surface area contributed by atoms with Crippen LogP contribution in [0, 0.1) is 12.7 Å². The van der Waals surface area contributed by atoms with E-state index in [0.29, 0.717) is 40.2 Å². The zero-order valence-electron chi connectivity index (χ0n) is 20.6. The Bertz CT molecular complexity index is 1280. The summed E-state index contributed by atoms with van der Waals surface area (Å²) >= 11 is 0. The molecule has 0 radical (unpaired) electrons. The number of likely N-dealkylation sites (N-methyl/N-ethyl adjacent to an activating group) is 1. The van der Waals surface area contributed by atoms with E-state index in [4.69, 9.17) is 9.47 Å². The van der Waals surface area contributed by atoms with Crippen molar-refractivity contribution >= 4 is 23.3 Å². The van der Waals surface area contributed by atoms with E-state index in [-0.39, 0.29) is 12.5 Å². The molecule has 0 atom stereocenters. The van der Waals surface area contributed by atoms with Gasteiger partial charge in [0.15, 0.2) is 0 Å². The van der Waals surface area contributed by atoms with E-state index in [2.05, 4.69) is 5.32 Å². The van der Waals surface area contributed by atoms with Gasteiger partial charge in [0.25, 0.3) is 5.91 Å². The fraction of sp³-hybridized carbons (Fsp3) is 0.286. The summed E-state index contributed by atoms with van der Waals surface area (Å²) < 4.78 is 25.5. The Kier molecular flexibility index (Phi) is 6.52. The molecule has 4 rings (SSSR count). The first-order valence-electron chi connectivity index (χ1n) is 11.5.